The number of amides is 4. The van der Waals surface area contributed by atoms with Crippen LogP contribution in [0.25, 0.3) is 6.08 Å². The number of nitrogens with zero attached hydrogens (tertiary/aromatic N) is 1. The Labute approximate surface area is 144 Å². The third kappa shape index (κ3) is 3.14. The van der Waals surface area contributed by atoms with Crippen molar-refractivity contribution in [1.29, 1.82) is 0 Å². The second-order valence-electron chi connectivity index (χ2n) is 5.52. The number of methoxy groups -OCH3 is 1. The van der Waals surface area contributed by atoms with Gasteiger partial charge in [0, 0.05) is 0 Å². The number of aryl methyl sites for hydroxylation is 1. The summed E-state index contributed by atoms with van der Waals surface area (Å²) < 4.78 is 5.08. The summed E-state index contributed by atoms with van der Waals surface area (Å²) in [4.78, 5) is 38.1. The van der Waals surface area contributed by atoms with Crippen molar-refractivity contribution in [1.82, 2.24) is 5.32 Å². The number of carbonyl (C=O) groups is 3. The van der Waals surface area contributed by atoms with E-state index in [1.807, 2.05) is 6.07 Å². The smallest absolute Gasteiger partial charge is 0.335 e. The van der Waals surface area contributed by atoms with Gasteiger partial charge in [-0.2, -0.15) is 0 Å². The van der Waals surface area contributed by atoms with Crippen LogP contribution in [-0.4, -0.2) is 25.0 Å². The van der Waals surface area contributed by atoms with E-state index in [-0.39, 0.29) is 5.57 Å². The zero-order valence-corrected chi connectivity index (χ0v) is 13.8. The van der Waals surface area contributed by atoms with Crippen LogP contribution in [0.3, 0.4) is 0 Å². The van der Waals surface area contributed by atoms with E-state index in [9.17, 15) is 14.4 Å². The molecule has 6 nitrogen and oxygen atoms in total. The molecule has 0 aliphatic carbocycles. The highest BCUT2D eigenvalue weighted by Crippen LogP contribution is 2.25. The summed E-state index contributed by atoms with van der Waals surface area (Å²) in [6.07, 6.45) is 1.45. The number of urea groups is 1. The number of anilines is 1. The van der Waals surface area contributed by atoms with Crippen LogP contribution >= 0.6 is 0 Å². The molecule has 2 aromatic rings. The van der Waals surface area contributed by atoms with Crippen LogP contribution in [0.1, 0.15) is 11.1 Å². The first-order valence-corrected chi connectivity index (χ1v) is 7.62. The molecule has 4 amide bonds. The Morgan fingerprint density at radius 3 is 2.32 bits per heavy atom. The number of benzene rings is 2. The second-order valence-corrected chi connectivity index (χ2v) is 5.52. The highest BCUT2D eigenvalue weighted by Gasteiger charge is 2.37. The molecule has 1 fully saturated rings. The van der Waals surface area contributed by atoms with Crippen LogP contribution in [0.15, 0.2) is 54.1 Å². The van der Waals surface area contributed by atoms with E-state index in [0.717, 1.165) is 10.5 Å². The van der Waals surface area contributed by atoms with Gasteiger partial charge in [-0.1, -0.05) is 30.3 Å². The fourth-order valence-electron chi connectivity index (χ4n) is 2.56. The first kappa shape index (κ1) is 16.4. The van der Waals surface area contributed by atoms with Gasteiger partial charge in [-0.05, 0) is 42.3 Å². The van der Waals surface area contributed by atoms with Crippen LogP contribution in [0.5, 0.6) is 5.75 Å². The maximum absolute atomic E-state index is 12.8. The first-order valence-electron chi connectivity index (χ1n) is 7.62. The van der Waals surface area contributed by atoms with Crippen molar-refractivity contribution < 1.29 is 19.1 Å². The molecule has 1 aliphatic heterocycles. The molecule has 1 saturated heterocycles. The topological polar surface area (TPSA) is 75.7 Å². The lowest BCUT2D eigenvalue weighted by Crippen LogP contribution is -2.54. The number of imide groups is 2. The molecule has 1 heterocycles. The summed E-state index contributed by atoms with van der Waals surface area (Å²) in [5.41, 5.74) is 1.74. The average molecular weight is 336 g/mol. The number of barbiturate groups is 1. The monoisotopic (exact) mass is 336 g/mol. The summed E-state index contributed by atoms with van der Waals surface area (Å²) in [6, 6.07) is 13.1. The predicted octanol–water partition coefficient (Wildman–Crippen LogP) is 2.67. The minimum Gasteiger partial charge on any atom is -0.497 e. The zero-order chi connectivity index (χ0) is 18.0. The minimum atomic E-state index is -0.754. The van der Waals surface area contributed by atoms with Crippen molar-refractivity contribution in [2.45, 2.75) is 6.92 Å². The van der Waals surface area contributed by atoms with Gasteiger partial charge in [0.1, 0.15) is 11.3 Å². The van der Waals surface area contributed by atoms with Crippen molar-refractivity contribution in [3.63, 3.8) is 0 Å². The van der Waals surface area contributed by atoms with Gasteiger partial charge in [0.25, 0.3) is 11.8 Å². The van der Waals surface area contributed by atoms with E-state index in [1.165, 1.54) is 6.08 Å². The lowest BCUT2D eigenvalue weighted by atomic mass is 10.1. The average Bonchev–Trinajstić information content (AvgIpc) is 2.60. The Balaban J connectivity index is 2.00. The number of nitrogens with one attached hydrogen (secondary N) is 1. The third-order valence-corrected chi connectivity index (χ3v) is 3.88. The molecule has 126 valence electrons. The van der Waals surface area contributed by atoms with E-state index in [1.54, 1.807) is 56.5 Å². The van der Waals surface area contributed by atoms with E-state index in [0.29, 0.717) is 17.0 Å². The molecule has 0 aromatic heterocycles. The van der Waals surface area contributed by atoms with E-state index >= 15 is 0 Å². The Kier molecular flexibility index (Phi) is 4.35. The van der Waals surface area contributed by atoms with Crippen molar-refractivity contribution in [3.05, 3.63) is 65.2 Å². The highest BCUT2D eigenvalue weighted by atomic mass is 16.5. The fourth-order valence-corrected chi connectivity index (χ4v) is 2.56. The van der Waals surface area contributed by atoms with Crippen LogP contribution in [0, 0.1) is 6.92 Å². The van der Waals surface area contributed by atoms with Gasteiger partial charge in [0.2, 0.25) is 0 Å². The van der Waals surface area contributed by atoms with Crippen LogP contribution < -0.4 is 15.0 Å². The lowest BCUT2D eigenvalue weighted by molar-refractivity contribution is -0.122. The van der Waals surface area contributed by atoms with Gasteiger partial charge in [-0.15, -0.1) is 0 Å². The standard InChI is InChI=1S/C19H16N2O4/c1-12-5-3-4-6-16(12)21-18(23)15(17(22)20-19(21)24)11-13-7-9-14(25-2)10-8-13/h3-11H,1-2H3,(H,20,22,24)/b15-11-. The molecule has 1 N–H and O–H groups in total. The number of rotatable bonds is 3. The molecule has 0 saturated carbocycles. The zero-order valence-electron chi connectivity index (χ0n) is 13.8. The first-order chi connectivity index (χ1) is 12.0. The van der Waals surface area contributed by atoms with Crippen molar-refractivity contribution in [2.75, 3.05) is 12.0 Å². The summed E-state index contributed by atoms with van der Waals surface area (Å²) in [6.45, 7) is 1.79. The second kappa shape index (κ2) is 6.60. The molecule has 0 radical (unpaired) electrons. The molecule has 25 heavy (non-hydrogen) atoms. The van der Waals surface area contributed by atoms with Gasteiger partial charge >= 0.3 is 6.03 Å². The normalized spacial score (nSPS) is 16.2. The fraction of sp³-hybridized carbons (Fsp3) is 0.105. The summed E-state index contributed by atoms with van der Waals surface area (Å²) in [7, 11) is 1.55. The quantitative estimate of drug-likeness (QED) is 0.691. The molecular formula is C19H16N2O4. The molecular weight excluding hydrogens is 320 g/mol. The number of hydrogen-bond acceptors (Lipinski definition) is 4. The minimum absolute atomic E-state index is 0.104. The maximum atomic E-state index is 12.8. The van der Waals surface area contributed by atoms with Crippen molar-refractivity contribution in [2.24, 2.45) is 0 Å². The van der Waals surface area contributed by atoms with Crippen molar-refractivity contribution in [3.8, 4) is 5.75 Å². The van der Waals surface area contributed by atoms with Gasteiger partial charge in [-0.25, -0.2) is 9.69 Å². The molecule has 0 atom stereocenters. The number of ether oxygens (including phenoxy) is 1. The molecule has 6 heteroatoms. The van der Waals surface area contributed by atoms with Gasteiger partial charge in [0.05, 0.1) is 12.8 Å². The lowest BCUT2D eigenvalue weighted by Gasteiger charge is -2.27. The number of para-hydroxylation sites is 1. The molecule has 3 rings (SSSR count). The molecule has 0 spiro atoms. The maximum Gasteiger partial charge on any atom is 0.335 e. The van der Waals surface area contributed by atoms with Gasteiger partial charge in [0.15, 0.2) is 0 Å². The van der Waals surface area contributed by atoms with Crippen LogP contribution in [0.2, 0.25) is 0 Å². The molecule has 0 bridgehead atoms. The Morgan fingerprint density at radius 1 is 1.00 bits per heavy atom. The van der Waals surface area contributed by atoms with Gasteiger partial charge < -0.3 is 4.74 Å². The third-order valence-electron chi connectivity index (χ3n) is 3.88. The number of hydrogen-bond donors (Lipinski definition) is 1. The summed E-state index contributed by atoms with van der Waals surface area (Å²) in [5, 5.41) is 2.21. The summed E-state index contributed by atoms with van der Waals surface area (Å²) >= 11 is 0. The number of carbonyl (C=O) groups excluding carboxylic acids is 3. The van der Waals surface area contributed by atoms with Crippen LogP contribution in [0.4, 0.5) is 10.5 Å². The summed E-state index contributed by atoms with van der Waals surface area (Å²) in [5.74, 6) is -0.701. The Hall–Kier alpha value is -3.41. The SMILES string of the molecule is COc1ccc(/C=C2/C(=O)NC(=O)N(c3ccccc3C)C2=O)cc1. The van der Waals surface area contributed by atoms with Crippen LogP contribution in [-0.2, 0) is 9.59 Å². The van der Waals surface area contributed by atoms with Crippen molar-refractivity contribution >= 4 is 29.6 Å². The Morgan fingerprint density at radius 2 is 1.68 bits per heavy atom. The van der Waals surface area contributed by atoms with E-state index in [4.69, 9.17) is 4.74 Å². The molecule has 2 aromatic carbocycles. The molecule has 1 aliphatic rings. The van der Waals surface area contributed by atoms with E-state index < -0.39 is 17.8 Å². The molecule has 0 unspecified atom stereocenters. The predicted molar refractivity (Wildman–Crippen MR) is 93.2 cm³/mol. The highest BCUT2D eigenvalue weighted by molar-refractivity contribution is 6.39. The Bertz CT molecular complexity index is 885. The van der Waals surface area contributed by atoms with Gasteiger partial charge in [-0.3, -0.25) is 14.9 Å². The van der Waals surface area contributed by atoms with E-state index in [2.05, 4.69) is 5.32 Å². The largest absolute Gasteiger partial charge is 0.497 e.